The van der Waals surface area contributed by atoms with Gasteiger partial charge in [-0.25, -0.2) is 9.97 Å². The Bertz CT molecular complexity index is 1570. The Morgan fingerprint density at radius 2 is 1.73 bits per heavy atom. The van der Waals surface area contributed by atoms with Crippen LogP contribution in [0.3, 0.4) is 0 Å². The maximum absolute atomic E-state index is 5.90. The van der Waals surface area contributed by atoms with Gasteiger partial charge in [0.15, 0.2) is 0 Å². The predicted molar refractivity (Wildman–Crippen MR) is 180 cm³/mol. The fourth-order valence-electron chi connectivity index (χ4n) is 6.87. The smallest absolute Gasteiger partial charge is 0.144 e. The number of methoxy groups -OCH3 is 1. The lowest BCUT2D eigenvalue weighted by Gasteiger charge is -2.43. The van der Waals surface area contributed by atoms with Crippen LogP contribution in [0.15, 0.2) is 48.9 Å². The number of piperidine rings is 2. The highest BCUT2D eigenvalue weighted by Crippen LogP contribution is 2.40. The number of hydrogen-bond acceptors (Lipinski definition) is 9. The largest absolute Gasteiger partial charge is 0.494 e. The lowest BCUT2D eigenvalue weighted by Crippen LogP contribution is -2.50. The molecule has 6 rings (SSSR count). The van der Waals surface area contributed by atoms with E-state index in [2.05, 4.69) is 98.7 Å². The molecule has 2 N–H and O–H groups in total. The zero-order chi connectivity index (χ0) is 30.8. The number of ether oxygens (including phenoxy) is 1. The van der Waals surface area contributed by atoms with Crippen LogP contribution in [-0.2, 0) is 0 Å². The monoisotopic (exact) mass is 597 g/mol. The number of fused-ring (bicyclic) bond motifs is 1. The van der Waals surface area contributed by atoms with E-state index in [-0.39, 0.29) is 0 Å². The summed E-state index contributed by atoms with van der Waals surface area (Å²) in [6.07, 6.45) is 8.44. The fraction of sp³-hybridized carbons (Fsp3) is 0.500. The van der Waals surface area contributed by atoms with E-state index in [9.17, 15) is 0 Å². The molecular weight excluding hydrogens is 550 g/mol. The molecule has 0 atom stereocenters. The van der Waals surface area contributed by atoms with E-state index < -0.39 is 0 Å². The molecule has 234 valence electrons. The van der Waals surface area contributed by atoms with Crippen LogP contribution in [0.5, 0.6) is 5.75 Å². The van der Waals surface area contributed by atoms with Crippen molar-refractivity contribution in [1.82, 2.24) is 29.5 Å². The van der Waals surface area contributed by atoms with Gasteiger partial charge in [0, 0.05) is 68.4 Å². The Kier molecular flexibility index (Phi) is 8.91. The van der Waals surface area contributed by atoms with Crippen molar-refractivity contribution >= 4 is 33.8 Å². The molecule has 10 nitrogen and oxygen atoms in total. The normalized spacial score (nSPS) is 17.3. The molecule has 0 saturated carbocycles. The Balaban J connectivity index is 1.18. The molecule has 4 heterocycles. The zero-order valence-electron chi connectivity index (χ0n) is 27.0. The first-order chi connectivity index (χ1) is 21.3. The second-order valence-electron chi connectivity index (χ2n) is 12.6. The minimum Gasteiger partial charge on any atom is -0.494 e. The molecule has 2 aromatic heterocycles. The van der Waals surface area contributed by atoms with Crippen molar-refractivity contribution in [3.63, 3.8) is 0 Å². The number of anilines is 4. The van der Waals surface area contributed by atoms with E-state index in [1.807, 2.05) is 24.0 Å². The molecule has 4 aromatic rings. The van der Waals surface area contributed by atoms with Crippen LogP contribution >= 0.6 is 0 Å². The van der Waals surface area contributed by atoms with Crippen molar-refractivity contribution in [2.75, 3.05) is 70.0 Å². The van der Waals surface area contributed by atoms with Crippen LogP contribution < -0.4 is 20.3 Å². The third-order valence-electron chi connectivity index (χ3n) is 9.53. The summed E-state index contributed by atoms with van der Waals surface area (Å²) >= 11 is 0. The predicted octanol–water partition coefficient (Wildman–Crippen LogP) is 5.86. The number of nitrogens with zero attached hydrogens (tertiary/aromatic N) is 7. The summed E-state index contributed by atoms with van der Waals surface area (Å²) in [5.74, 6) is 1.48. The maximum atomic E-state index is 5.90. The van der Waals surface area contributed by atoms with Gasteiger partial charge in [0.2, 0.25) is 0 Å². The van der Waals surface area contributed by atoms with Gasteiger partial charge >= 0.3 is 0 Å². The summed E-state index contributed by atoms with van der Waals surface area (Å²) in [5, 5.41) is 12.6. The van der Waals surface area contributed by atoms with Crippen LogP contribution in [0.25, 0.3) is 22.2 Å². The number of hydrogen-bond donors (Lipinski definition) is 2. The standard InChI is InChI=1S/C34H47N9O/c1-23(2)43-31-8-7-24(17-25(31)21-38-43)28-19-34(37-22-36-28)39-30-18-29(35-3)32(20-33(30)44-6)41(5)26-11-15-42(16-12-26)27-9-13-40(4)14-10-27/h7-8,17-23,26-27,35H,9-16H2,1-6H3,(H,36,37,39). The number of rotatable bonds is 9. The van der Waals surface area contributed by atoms with Crippen LogP contribution in [0.2, 0.25) is 0 Å². The number of aromatic nitrogens is 4. The first kappa shape index (κ1) is 30.1. The highest BCUT2D eigenvalue weighted by molar-refractivity contribution is 5.85. The Morgan fingerprint density at radius 1 is 0.955 bits per heavy atom. The second-order valence-corrected chi connectivity index (χ2v) is 12.6. The minimum absolute atomic E-state index is 0.304. The Hall–Kier alpha value is -3.89. The van der Waals surface area contributed by atoms with Crippen molar-refractivity contribution in [1.29, 1.82) is 0 Å². The minimum atomic E-state index is 0.304. The van der Waals surface area contributed by atoms with Crippen molar-refractivity contribution in [3.8, 4) is 17.0 Å². The lowest BCUT2D eigenvalue weighted by atomic mass is 9.97. The average molecular weight is 598 g/mol. The van der Waals surface area contributed by atoms with E-state index in [1.54, 1.807) is 13.4 Å². The molecule has 0 aliphatic carbocycles. The van der Waals surface area contributed by atoms with Gasteiger partial charge in [-0.1, -0.05) is 6.07 Å². The summed E-state index contributed by atoms with van der Waals surface area (Å²) < 4.78 is 7.94. The van der Waals surface area contributed by atoms with Gasteiger partial charge in [0.05, 0.1) is 41.6 Å². The molecule has 44 heavy (non-hydrogen) atoms. The first-order valence-corrected chi connectivity index (χ1v) is 16.0. The van der Waals surface area contributed by atoms with Gasteiger partial charge in [-0.05, 0) is 77.9 Å². The van der Waals surface area contributed by atoms with Gasteiger partial charge < -0.3 is 30.1 Å². The molecule has 2 aliphatic heterocycles. The molecule has 2 aromatic carbocycles. The second kappa shape index (κ2) is 13.0. The van der Waals surface area contributed by atoms with Crippen molar-refractivity contribution < 1.29 is 4.74 Å². The summed E-state index contributed by atoms with van der Waals surface area (Å²) in [6, 6.07) is 14.1. The lowest BCUT2D eigenvalue weighted by molar-refractivity contribution is 0.0967. The molecular formula is C34H47N9O. The summed E-state index contributed by atoms with van der Waals surface area (Å²) in [6.45, 7) is 9.04. The van der Waals surface area contributed by atoms with Crippen LogP contribution in [0, 0.1) is 0 Å². The van der Waals surface area contributed by atoms with Crippen LogP contribution in [0.4, 0.5) is 22.9 Å². The highest BCUT2D eigenvalue weighted by atomic mass is 16.5. The van der Waals surface area contributed by atoms with E-state index in [0.717, 1.165) is 64.1 Å². The maximum Gasteiger partial charge on any atom is 0.144 e. The molecule has 2 saturated heterocycles. The first-order valence-electron chi connectivity index (χ1n) is 16.0. The summed E-state index contributed by atoms with van der Waals surface area (Å²) in [5.41, 5.74) is 6.03. The third-order valence-corrected chi connectivity index (χ3v) is 9.53. The van der Waals surface area contributed by atoms with Gasteiger partial charge in [-0.2, -0.15) is 5.10 Å². The molecule has 0 radical (unpaired) electrons. The molecule has 10 heteroatoms. The average Bonchev–Trinajstić information content (AvgIpc) is 3.49. The van der Waals surface area contributed by atoms with Gasteiger partial charge in [0.25, 0.3) is 0 Å². The molecule has 0 spiro atoms. The molecule has 0 unspecified atom stereocenters. The van der Waals surface area contributed by atoms with Gasteiger partial charge in [-0.15, -0.1) is 0 Å². The van der Waals surface area contributed by atoms with E-state index >= 15 is 0 Å². The molecule has 0 amide bonds. The topological polar surface area (TPSA) is 86.6 Å². The quantitative estimate of drug-likeness (QED) is 0.246. The van der Waals surface area contributed by atoms with Crippen LogP contribution in [0.1, 0.15) is 45.6 Å². The summed E-state index contributed by atoms with van der Waals surface area (Å²) in [7, 11) is 8.16. The van der Waals surface area contributed by atoms with Gasteiger partial charge in [0.1, 0.15) is 17.9 Å². The molecule has 2 aliphatic rings. The SMILES string of the molecule is CNc1cc(Nc2cc(-c3ccc4c(cnn4C(C)C)c3)ncn2)c(OC)cc1N(C)C1CCN(C2CCN(C)CC2)CC1. The number of nitrogens with one attached hydrogen (secondary N) is 2. The fourth-order valence-corrected chi connectivity index (χ4v) is 6.87. The Labute approximate surface area is 261 Å². The third kappa shape index (κ3) is 6.19. The van der Waals surface area contributed by atoms with Gasteiger partial charge in [-0.3, -0.25) is 4.68 Å². The van der Waals surface area contributed by atoms with Crippen molar-refractivity contribution in [2.45, 2.75) is 57.7 Å². The van der Waals surface area contributed by atoms with Crippen LogP contribution in [-0.4, -0.2) is 96.1 Å². The van der Waals surface area contributed by atoms with Crippen molar-refractivity contribution in [2.24, 2.45) is 0 Å². The highest BCUT2D eigenvalue weighted by Gasteiger charge is 2.30. The molecule has 0 bridgehead atoms. The number of benzene rings is 2. The van der Waals surface area contributed by atoms with E-state index in [0.29, 0.717) is 17.9 Å². The zero-order valence-corrected chi connectivity index (χ0v) is 27.0. The van der Waals surface area contributed by atoms with Crippen molar-refractivity contribution in [3.05, 3.63) is 48.9 Å². The summed E-state index contributed by atoms with van der Waals surface area (Å²) in [4.78, 5) is 16.7. The van der Waals surface area contributed by atoms with E-state index in [1.165, 1.54) is 38.8 Å². The number of likely N-dealkylation sites (tertiary alicyclic amines) is 2. The molecule has 2 fully saturated rings. The van der Waals surface area contributed by atoms with E-state index in [4.69, 9.17) is 4.74 Å². The Morgan fingerprint density at radius 3 is 2.43 bits per heavy atom.